The summed E-state index contributed by atoms with van der Waals surface area (Å²) in [4.78, 5) is 37.4. The summed E-state index contributed by atoms with van der Waals surface area (Å²) < 4.78 is 22.7. The first-order valence-electron chi connectivity index (χ1n) is 33.3. The molecule has 0 amide bonds. The Morgan fingerprint density at radius 1 is 0.353 bits per heavy atom. The number of hydrogen-bond acceptors (Lipinski definition) is 8. The maximum atomic E-state index is 12.9. The number of carbonyl (C=O) groups excluding carboxylic acids is 3. The highest BCUT2D eigenvalue weighted by Crippen LogP contribution is 2.15. The SMILES string of the molecule is CC/C=C\C/C=C\C/C=C\C/C=C\C/C=C\C/C=C\C/C=C\C/C=C\CCCCC(=O)OC(COC(=O)CCCCCCCCCCCCCCCC/C=C\C/C=C\C/C=C\C/C=C\C/C=C\C/C=C\CC)COC(OCC[N+](C)(C)C)C(=O)[O-]. The van der Waals surface area contributed by atoms with E-state index in [2.05, 4.69) is 184 Å². The number of quaternary nitrogens is 1. The van der Waals surface area contributed by atoms with Gasteiger partial charge in [-0.05, 0) is 128 Å². The van der Waals surface area contributed by atoms with Gasteiger partial charge in [-0.25, -0.2) is 0 Å². The zero-order chi connectivity index (χ0) is 61.9. The van der Waals surface area contributed by atoms with Gasteiger partial charge in [-0.3, -0.25) is 9.59 Å². The van der Waals surface area contributed by atoms with E-state index in [1.807, 2.05) is 21.1 Å². The van der Waals surface area contributed by atoms with Crippen molar-refractivity contribution in [2.75, 3.05) is 47.5 Å². The number of carboxylic acid groups (broad SMARTS) is 1. The number of ether oxygens (including phenoxy) is 4. The molecule has 9 heteroatoms. The minimum atomic E-state index is -1.65. The number of carbonyl (C=O) groups is 3. The van der Waals surface area contributed by atoms with Crippen LogP contribution >= 0.6 is 0 Å². The van der Waals surface area contributed by atoms with Crippen LogP contribution in [-0.2, 0) is 33.3 Å². The molecular formula is C76H121NO8. The maximum absolute atomic E-state index is 12.9. The molecule has 0 spiro atoms. The van der Waals surface area contributed by atoms with Crippen LogP contribution in [0.25, 0.3) is 0 Å². The van der Waals surface area contributed by atoms with Gasteiger partial charge in [-0.1, -0.05) is 261 Å². The molecule has 85 heavy (non-hydrogen) atoms. The monoisotopic (exact) mass is 1180 g/mol. The van der Waals surface area contributed by atoms with Gasteiger partial charge in [0, 0.05) is 12.8 Å². The summed E-state index contributed by atoms with van der Waals surface area (Å²) in [5, 5.41) is 11.8. The lowest BCUT2D eigenvalue weighted by Crippen LogP contribution is -2.44. The molecule has 0 saturated carbocycles. The highest BCUT2D eigenvalue weighted by molar-refractivity contribution is 5.70. The minimum Gasteiger partial charge on any atom is -0.545 e. The van der Waals surface area contributed by atoms with Gasteiger partial charge in [0.1, 0.15) is 13.2 Å². The van der Waals surface area contributed by atoms with Crippen molar-refractivity contribution in [1.82, 2.24) is 0 Å². The second-order valence-corrected chi connectivity index (χ2v) is 22.6. The second-order valence-electron chi connectivity index (χ2n) is 22.6. The summed E-state index contributed by atoms with van der Waals surface area (Å²) in [5.74, 6) is -2.36. The fourth-order valence-corrected chi connectivity index (χ4v) is 8.44. The number of unbranched alkanes of at least 4 members (excludes halogenated alkanes) is 16. The molecule has 0 saturated heterocycles. The van der Waals surface area contributed by atoms with Gasteiger partial charge in [0.15, 0.2) is 12.4 Å². The first-order chi connectivity index (χ1) is 41.6. The van der Waals surface area contributed by atoms with Gasteiger partial charge in [-0.15, -0.1) is 0 Å². The molecule has 0 aromatic carbocycles. The van der Waals surface area contributed by atoms with Gasteiger partial charge in [0.25, 0.3) is 0 Å². The van der Waals surface area contributed by atoms with Gasteiger partial charge >= 0.3 is 11.9 Å². The Labute approximate surface area is 520 Å². The lowest BCUT2D eigenvalue weighted by molar-refractivity contribution is -0.870. The van der Waals surface area contributed by atoms with Gasteiger partial charge < -0.3 is 33.3 Å². The summed E-state index contributed by atoms with van der Waals surface area (Å²) in [7, 11) is 5.90. The molecule has 9 nitrogen and oxygen atoms in total. The average molecular weight is 1180 g/mol. The fraction of sp³-hybridized carbons (Fsp3) is 0.592. The molecule has 0 aromatic heterocycles. The second kappa shape index (κ2) is 64.6. The first-order valence-corrected chi connectivity index (χ1v) is 33.3. The number of likely N-dealkylation sites (N-methyl/N-ethyl adjacent to an activating group) is 1. The van der Waals surface area contributed by atoms with Crippen LogP contribution in [0.2, 0.25) is 0 Å². The Morgan fingerprint density at radius 3 is 0.965 bits per heavy atom. The molecule has 0 bridgehead atoms. The Bertz CT molecular complexity index is 2000. The van der Waals surface area contributed by atoms with E-state index >= 15 is 0 Å². The highest BCUT2D eigenvalue weighted by atomic mass is 16.7. The van der Waals surface area contributed by atoms with Crippen LogP contribution < -0.4 is 5.11 Å². The van der Waals surface area contributed by atoms with Crippen molar-refractivity contribution in [2.24, 2.45) is 0 Å². The van der Waals surface area contributed by atoms with Crippen molar-refractivity contribution in [1.29, 1.82) is 0 Å². The summed E-state index contributed by atoms with van der Waals surface area (Å²) in [6, 6.07) is 0. The molecule has 2 atom stereocenters. The smallest absolute Gasteiger partial charge is 0.306 e. The van der Waals surface area contributed by atoms with Crippen LogP contribution in [0.15, 0.2) is 170 Å². The van der Waals surface area contributed by atoms with Crippen molar-refractivity contribution < 1.29 is 42.9 Å². The quantitative estimate of drug-likeness (QED) is 0.0195. The van der Waals surface area contributed by atoms with Gasteiger partial charge in [-0.2, -0.15) is 0 Å². The molecule has 0 aliphatic carbocycles. The van der Waals surface area contributed by atoms with Crippen molar-refractivity contribution in [3.8, 4) is 0 Å². The number of nitrogens with zero attached hydrogens (tertiary/aromatic N) is 1. The number of allylic oxidation sites excluding steroid dienone is 28. The Kier molecular flexibility index (Phi) is 60.6. The summed E-state index contributed by atoms with van der Waals surface area (Å²) >= 11 is 0. The van der Waals surface area contributed by atoms with E-state index < -0.39 is 24.3 Å². The zero-order valence-corrected chi connectivity index (χ0v) is 54.4. The first kappa shape index (κ1) is 79.7. The van der Waals surface area contributed by atoms with E-state index in [0.717, 1.165) is 128 Å². The topological polar surface area (TPSA) is 111 Å². The van der Waals surface area contributed by atoms with E-state index in [-0.39, 0.29) is 38.6 Å². The number of aliphatic carboxylic acids is 1. The molecule has 0 radical (unpaired) electrons. The van der Waals surface area contributed by atoms with Crippen LogP contribution in [-0.4, -0.2) is 82.3 Å². The molecule has 0 fully saturated rings. The van der Waals surface area contributed by atoms with Crippen LogP contribution in [0.3, 0.4) is 0 Å². The van der Waals surface area contributed by atoms with E-state index in [9.17, 15) is 19.5 Å². The largest absolute Gasteiger partial charge is 0.545 e. The molecule has 0 aromatic rings. The zero-order valence-electron chi connectivity index (χ0n) is 54.4. The molecule has 0 heterocycles. The van der Waals surface area contributed by atoms with Crippen molar-refractivity contribution in [3.05, 3.63) is 170 Å². The fourth-order valence-electron chi connectivity index (χ4n) is 8.44. The molecule has 0 aliphatic heterocycles. The standard InChI is InChI=1S/C76H121NO8/c1-6-8-10-12-14-16-18-20-22-24-26-28-30-32-34-35-36-37-38-39-41-42-44-46-48-50-52-54-56-58-60-62-64-66-73(78)83-70-72(71-84-76(75(80)81)82-69-68-77(3,4)5)85-74(79)67-65-63-61-59-57-55-53-51-49-47-45-43-40-33-31-29-27-25-23-21-19-17-15-13-11-9-7-2/h8-11,14-17,20-23,26-29,32-34,36-37,40,45,47,51,53,57,59,72,76H,6-7,12-13,18-19,24-25,30-31,35,38-39,41-44,46,48-50,52,54-56,58,60-71H2,1-5H3/b10-8-,11-9-,16-14-,17-15-,22-20-,23-21-,28-26-,29-27-,34-32-,37-36-,40-33-,47-45-,53-51-,59-57-. The molecule has 0 rings (SSSR count). The maximum Gasteiger partial charge on any atom is 0.306 e. The Morgan fingerprint density at radius 2 is 0.635 bits per heavy atom. The van der Waals surface area contributed by atoms with Crippen LogP contribution in [0, 0.1) is 0 Å². The van der Waals surface area contributed by atoms with E-state index in [0.29, 0.717) is 17.4 Å². The van der Waals surface area contributed by atoms with E-state index in [1.165, 1.54) is 70.6 Å². The third kappa shape index (κ3) is 66.0. The Balaban J connectivity index is 4.26. The third-order valence-electron chi connectivity index (χ3n) is 13.5. The summed E-state index contributed by atoms with van der Waals surface area (Å²) in [5.41, 5.74) is 0. The van der Waals surface area contributed by atoms with Crippen LogP contribution in [0.4, 0.5) is 0 Å². The highest BCUT2D eigenvalue weighted by Gasteiger charge is 2.22. The summed E-state index contributed by atoms with van der Waals surface area (Å²) in [6.45, 7) is 4.45. The predicted octanol–water partition coefficient (Wildman–Crippen LogP) is 19.3. The number of carboxylic acids is 1. The molecule has 2 unspecified atom stereocenters. The van der Waals surface area contributed by atoms with Crippen LogP contribution in [0.5, 0.6) is 0 Å². The van der Waals surface area contributed by atoms with E-state index in [4.69, 9.17) is 18.9 Å². The van der Waals surface area contributed by atoms with Crippen molar-refractivity contribution >= 4 is 17.9 Å². The molecule has 0 aliphatic rings. The number of rotatable bonds is 59. The van der Waals surface area contributed by atoms with Gasteiger partial charge in [0.05, 0.1) is 40.3 Å². The predicted molar refractivity (Wildman–Crippen MR) is 361 cm³/mol. The van der Waals surface area contributed by atoms with Crippen molar-refractivity contribution in [3.63, 3.8) is 0 Å². The average Bonchev–Trinajstić information content (AvgIpc) is 3.48. The molecule has 478 valence electrons. The normalized spacial score (nSPS) is 13.8. The van der Waals surface area contributed by atoms with Crippen LogP contribution in [0.1, 0.15) is 232 Å². The summed E-state index contributed by atoms with van der Waals surface area (Å²) in [6.07, 6.45) is 94.2. The minimum absolute atomic E-state index is 0.130. The van der Waals surface area contributed by atoms with Gasteiger partial charge in [0.2, 0.25) is 0 Å². The third-order valence-corrected chi connectivity index (χ3v) is 13.5. The number of esters is 2. The Hall–Kier alpha value is -5.35. The lowest BCUT2D eigenvalue weighted by atomic mass is 10.0. The number of hydrogen-bond donors (Lipinski definition) is 0. The van der Waals surface area contributed by atoms with Crippen molar-refractivity contribution in [2.45, 2.75) is 245 Å². The molecule has 0 N–H and O–H groups in total. The van der Waals surface area contributed by atoms with E-state index in [1.54, 1.807) is 0 Å². The molecular weight excluding hydrogens is 1050 g/mol. The lowest BCUT2D eigenvalue weighted by Gasteiger charge is -2.26.